The number of rotatable bonds is 4. The van der Waals surface area contributed by atoms with Gasteiger partial charge in [-0.2, -0.15) is 0 Å². The molecule has 1 aromatic heterocycles. The molecule has 1 amide bonds. The number of fused-ring (bicyclic) bond motifs is 4. The average Bonchev–Trinajstić information content (AvgIpc) is 3.33. The molecule has 0 aromatic carbocycles. The minimum absolute atomic E-state index is 0.176. The molecule has 2 N–H and O–H groups in total. The topological polar surface area (TPSA) is 62.5 Å². The quantitative estimate of drug-likeness (QED) is 0.915. The monoisotopic (exact) mass is 300 g/mol. The molecule has 3 aliphatic heterocycles. The van der Waals surface area contributed by atoms with Gasteiger partial charge in [-0.3, -0.25) is 9.69 Å². The van der Waals surface area contributed by atoms with Gasteiger partial charge in [-0.1, -0.05) is 6.07 Å². The zero-order valence-corrected chi connectivity index (χ0v) is 12.9. The number of carbonyl (C=O) groups excluding carboxylic acids is 1. The molecule has 0 spiro atoms. The van der Waals surface area contributed by atoms with E-state index in [1.165, 1.54) is 12.8 Å². The van der Waals surface area contributed by atoms with Crippen molar-refractivity contribution in [2.24, 2.45) is 11.8 Å². The van der Waals surface area contributed by atoms with Gasteiger partial charge in [-0.05, 0) is 37.7 Å². The van der Waals surface area contributed by atoms with Crippen molar-refractivity contribution in [2.75, 3.05) is 25.4 Å². The van der Waals surface area contributed by atoms with Crippen LogP contribution in [0.15, 0.2) is 18.3 Å². The third-order valence-corrected chi connectivity index (χ3v) is 5.34. The van der Waals surface area contributed by atoms with Crippen LogP contribution in [-0.4, -0.2) is 46.4 Å². The van der Waals surface area contributed by atoms with Crippen LogP contribution in [0.5, 0.6) is 0 Å². The van der Waals surface area contributed by atoms with Crippen molar-refractivity contribution in [3.63, 3.8) is 0 Å². The number of hydrogen-bond donors (Lipinski definition) is 1. The number of nitrogens with two attached hydrogens (primary N) is 1. The number of carbonyl (C=O) groups is 1. The first-order valence-corrected chi connectivity index (χ1v) is 8.43. The molecule has 0 radical (unpaired) electrons. The van der Waals surface area contributed by atoms with Gasteiger partial charge in [-0.15, -0.1) is 0 Å². The first-order valence-electron chi connectivity index (χ1n) is 8.43. The van der Waals surface area contributed by atoms with Gasteiger partial charge in [0.05, 0.1) is 5.92 Å². The van der Waals surface area contributed by atoms with Crippen molar-refractivity contribution in [3.8, 4) is 0 Å². The molecule has 2 bridgehead atoms. The summed E-state index contributed by atoms with van der Waals surface area (Å²) in [6.07, 6.45) is 6.53. The Hall–Kier alpha value is -1.62. The Morgan fingerprint density at radius 2 is 2.09 bits per heavy atom. The molecule has 4 aliphatic rings. The summed E-state index contributed by atoms with van der Waals surface area (Å²) in [5.41, 5.74) is 7.05. The van der Waals surface area contributed by atoms with E-state index in [0.29, 0.717) is 17.8 Å². The van der Waals surface area contributed by atoms with Gasteiger partial charge in [0.25, 0.3) is 0 Å². The summed E-state index contributed by atoms with van der Waals surface area (Å²) in [6, 6.07) is 4.37. The maximum Gasteiger partial charge on any atom is 0.227 e. The second-order valence-electron chi connectivity index (χ2n) is 7.10. The van der Waals surface area contributed by atoms with Crippen LogP contribution in [0.25, 0.3) is 0 Å². The second kappa shape index (κ2) is 5.54. The molecule has 0 unspecified atom stereocenters. The number of piperidine rings is 1. The van der Waals surface area contributed by atoms with Gasteiger partial charge >= 0.3 is 0 Å². The Morgan fingerprint density at radius 3 is 2.86 bits per heavy atom. The van der Waals surface area contributed by atoms with Crippen molar-refractivity contribution in [2.45, 2.75) is 38.3 Å². The van der Waals surface area contributed by atoms with Crippen LogP contribution in [0, 0.1) is 11.8 Å². The van der Waals surface area contributed by atoms with E-state index in [9.17, 15) is 4.79 Å². The molecule has 2 atom stereocenters. The van der Waals surface area contributed by atoms with Crippen molar-refractivity contribution in [1.29, 1.82) is 0 Å². The molecule has 4 heterocycles. The lowest BCUT2D eigenvalue weighted by Gasteiger charge is -2.36. The predicted molar refractivity (Wildman–Crippen MR) is 84.9 cm³/mol. The van der Waals surface area contributed by atoms with Crippen molar-refractivity contribution < 1.29 is 4.79 Å². The minimum atomic E-state index is 0.176. The van der Waals surface area contributed by atoms with Gasteiger partial charge in [0.15, 0.2) is 0 Å². The summed E-state index contributed by atoms with van der Waals surface area (Å²) in [4.78, 5) is 21.5. The molecule has 5 heteroatoms. The van der Waals surface area contributed by atoms with Gasteiger partial charge in [-0.25, -0.2) is 4.98 Å². The first-order chi connectivity index (χ1) is 10.7. The van der Waals surface area contributed by atoms with Crippen LogP contribution in [-0.2, 0) is 11.3 Å². The maximum atomic E-state index is 12.7. The summed E-state index contributed by atoms with van der Waals surface area (Å²) >= 11 is 0. The zero-order valence-electron chi connectivity index (χ0n) is 12.9. The molecular formula is C17H24N4O. The average molecular weight is 300 g/mol. The van der Waals surface area contributed by atoms with E-state index in [0.717, 1.165) is 50.5 Å². The molecular weight excluding hydrogens is 276 g/mol. The lowest BCUT2D eigenvalue weighted by Crippen LogP contribution is -2.48. The number of nitrogen functional groups attached to an aromatic ring is 1. The first kappa shape index (κ1) is 14.0. The fourth-order valence-electron chi connectivity index (χ4n) is 3.90. The molecule has 1 aliphatic carbocycles. The van der Waals surface area contributed by atoms with E-state index in [1.54, 1.807) is 6.20 Å². The fourth-order valence-corrected chi connectivity index (χ4v) is 3.90. The van der Waals surface area contributed by atoms with Crippen molar-refractivity contribution in [1.82, 2.24) is 14.8 Å². The van der Waals surface area contributed by atoms with Crippen molar-refractivity contribution in [3.05, 3.63) is 23.9 Å². The minimum Gasteiger partial charge on any atom is -0.383 e. The lowest BCUT2D eigenvalue weighted by atomic mass is 9.94. The summed E-state index contributed by atoms with van der Waals surface area (Å²) in [7, 11) is 0. The van der Waals surface area contributed by atoms with Crippen LogP contribution < -0.4 is 5.73 Å². The number of aromatic nitrogens is 1. The Labute approximate surface area is 131 Å². The third kappa shape index (κ3) is 2.70. The normalized spacial score (nSPS) is 28.9. The van der Waals surface area contributed by atoms with E-state index < -0.39 is 0 Å². The molecule has 4 fully saturated rings. The van der Waals surface area contributed by atoms with Gasteiger partial charge in [0.1, 0.15) is 5.82 Å². The van der Waals surface area contributed by atoms with Crippen LogP contribution in [0.2, 0.25) is 0 Å². The molecule has 1 aromatic rings. The Kier molecular flexibility index (Phi) is 3.53. The van der Waals surface area contributed by atoms with E-state index in [1.807, 2.05) is 12.1 Å². The van der Waals surface area contributed by atoms with Crippen LogP contribution in [0.4, 0.5) is 5.82 Å². The second-order valence-corrected chi connectivity index (χ2v) is 7.10. The van der Waals surface area contributed by atoms with E-state index in [-0.39, 0.29) is 5.92 Å². The Bertz CT molecular complexity index is 572. The molecule has 5 nitrogen and oxygen atoms in total. The summed E-state index contributed by atoms with van der Waals surface area (Å²) in [5, 5.41) is 0. The van der Waals surface area contributed by atoms with E-state index >= 15 is 0 Å². The molecule has 3 saturated heterocycles. The molecule has 1 saturated carbocycles. The van der Waals surface area contributed by atoms with Crippen LogP contribution in [0.1, 0.15) is 31.2 Å². The number of nitrogens with zero attached hydrogens (tertiary/aromatic N) is 3. The standard InChI is InChI=1S/C17H24N4O/c18-16-13(2-1-7-19-16)9-20-10-14-5-6-15(11-20)21(17(14)22)8-12-3-4-12/h1-2,7,12,14-15H,3-6,8-11H2,(H2,18,19)/t14-,15+/m1/s1. The zero-order chi connectivity index (χ0) is 15.1. The predicted octanol–water partition coefficient (Wildman–Crippen LogP) is 1.50. The van der Waals surface area contributed by atoms with Crippen LogP contribution >= 0.6 is 0 Å². The van der Waals surface area contributed by atoms with Crippen molar-refractivity contribution >= 4 is 11.7 Å². The number of amides is 1. The smallest absolute Gasteiger partial charge is 0.227 e. The molecule has 22 heavy (non-hydrogen) atoms. The lowest BCUT2D eigenvalue weighted by molar-refractivity contribution is -0.140. The summed E-state index contributed by atoms with van der Waals surface area (Å²) < 4.78 is 0. The Morgan fingerprint density at radius 1 is 1.23 bits per heavy atom. The Balaban J connectivity index is 1.50. The summed E-state index contributed by atoms with van der Waals surface area (Å²) in [6.45, 7) is 3.63. The number of hydrogen-bond acceptors (Lipinski definition) is 4. The highest BCUT2D eigenvalue weighted by Crippen LogP contribution is 2.35. The summed E-state index contributed by atoms with van der Waals surface area (Å²) in [5.74, 6) is 1.95. The highest BCUT2D eigenvalue weighted by atomic mass is 16.2. The largest absolute Gasteiger partial charge is 0.383 e. The van der Waals surface area contributed by atoms with Gasteiger partial charge in [0.2, 0.25) is 5.91 Å². The maximum absolute atomic E-state index is 12.7. The fraction of sp³-hybridized carbons (Fsp3) is 0.647. The number of pyridine rings is 1. The van der Waals surface area contributed by atoms with E-state index in [4.69, 9.17) is 5.73 Å². The van der Waals surface area contributed by atoms with E-state index in [2.05, 4.69) is 14.8 Å². The highest BCUT2D eigenvalue weighted by molar-refractivity contribution is 5.80. The van der Waals surface area contributed by atoms with Crippen LogP contribution in [0.3, 0.4) is 0 Å². The van der Waals surface area contributed by atoms with Gasteiger partial charge in [0, 0.05) is 44.0 Å². The molecule has 118 valence electrons. The van der Waals surface area contributed by atoms with Gasteiger partial charge < -0.3 is 10.6 Å². The SMILES string of the molecule is Nc1ncccc1CN1C[C@H]2CC[C@@H](C1)N(CC1CC1)C2=O. The molecule has 5 rings (SSSR count). The number of anilines is 1. The highest BCUT2D eigenvalue weighted by Gasteiger charge is 2.42. The third-order valence-electron chi connectivity index (χ3n) is 5.34.